The number of anilines is 2. The highest BCUT2D eigenvalue weighted by molar-refractivity contribution is 5.86. The van der Waals surface area contributed by atoms with Gasteiger partial charge in [0.2, 0.25) is 0 Å². The molecule has 190 valence electrons. The molecule has 2 spiro atoms. The molecule has 4 aliphatic carbocycles. The zero-order chi connectivity index (χ0) is 25.5. The van der Waals surface area contributed by atoms with Gasteiger partial charge in [-0.3, -0.25) is 0 Å². The maximum absolute atomic E-state index is 13.2. The van der Waals surface area contributed by atoms with E-state index in [0.717, 1.165) is 34.3 Å². The van der Waals surface area contributed by atoms with Crippen LogP contribution < -0.4 is 9.64 Å². The second kappa shape index (κ2) is 7.92. The first kappa shape index (κ1) is 22.3. The van der Waals surface area contributed by atoms with Crippen LogP contribution in [-0.2, 0) is 20.2 Å². The molecule has 9 rings (SSSR count). The van der Waals surface area contributed by atoms with E-state index in [1.807, 2.05) is 17.0 Å². The molecule has 0 N–H and O–H groups in total. The number of ether oxygens (including phenoxy) is 1. The van der Waals surface area contributed by atoms with Crippen LogP contribution in [0.25, 0.3) is 0 Å². The van der Waals surface area contributed by atoms with Crippen molar-refractivity contribution in [3.8, 4) is 11.8 Å². The first-order valence-corrected chi connectivity index (χ1v) is 13.7. The van der Waals surface area contributed by atoms with E-state index in [-0.39, 0.29) is 18.1 Å². The Morgan fingerprint density at radius 3 is 1.95 bits per heavy atom. The van der Waals surface area contributed by atoms with Crippen LogP contribution in [0, 0.1) is 35.0 Å². The van der Waals surface area contributed by atoms with E-state index in [1.54, 1.807) is 24.3 Å². The van der Waals surface area contributed by atoms with Gasteiger partial charge in [0, 0.05) is 22.5 Å². The Morgan fingerprint density at radius 1 is 0.842 bits per heavy atom. The summed E-state index contributed by atoms with van der Waals surface area (Å²) in [5, 5.41) is 9.06. The van der Waals surface area contributed by atoms with Crippen molar-refractivity contribution in [2.75, 3.05) is 11.4 Å². The summed E-state index contributed by atoms with van der Waals surface area (Å²) < 4.78 is 5.68. The fraction of sp³-hybridized carbons (Fsp3) is 0.375. The molecule has 1 saturated heterocycles. The Kier molecular flexibility index (Phi) is 4.66. The van der Waals surface area contributed by atoms with E-state index >= 15 is 0 Å². The minimum absolute atomic E-state index is 0.0506. The number of carbonyl (C=O) groups is 1. The molecular formula is C32H28N2O4. The maximum Gasteiger partial charge on any atom is 0.331 e. The summed E-state index contributed by atoms with van der Waals surface area (Å²) in [5.74, 6) is 2.62. The van der Waals surface area contributed by atoms with Gasteiger partial charge in [0.1, 0.15) is 17.9 Å². The second-order valence-corrected chi connectivity index (χ2v) is 11.7. The quantitative estimate of drug-likeness (QED) is 0.247. The number of esters is 1. The molecule has 2 heterocycles. The molecule has 3 aromatic rings. The molecule has 0 unspecified atom stereocenters. The Balaban J connectivity index is 1.20. The summed E-state index contributed by atoms with van der Waals surface area (Å²) in [6.45, 7) is 0.0506. The standard InChI is InChI=1S/C32H28N2O4/c33-18-20-9-11-25(12-10-20)36-30(35)19-34-28-7-3-1-5-26(28)32(27-6-2-4-8-29(27)34)31(37-38-32)23-14-21-13-22(16-23)17-24(31)15-21/h1-12,21-24H,13-17,19H2. The number of benzene rings is 3. The lowest BCUT2D eigenvalue weighted by molar-refractivity contribution is -0.583. The zero-order valence-corrected chi connectivity index (χ0v) is 21.0. The van der Waals surface area contributed by atoms with Crippen LogP contribution in [0.2, 0.25) is 0 Å². The SMILES string of the molecule is N#Cc1ccc(OC(=O)CN2c3ccccc3C3(OOC34C3CC5CC(C3)CC4C5)c3ccccc32)cc1. The molecule has 38 heavy (non-hydrogen) atoms. The molecule has 4 saturated carbocycles. The summed E-state index contributed by atoms with van der Waals surface area (Å²) in [7, 11) is 0. The number of nitriles is 1. The first-order valence-electron chi connectivity index (χ1n) is 13.7. The van der Waals surface area contributed by atoms with Gasteiger partial charge in [0.25, 0.3) is 0 Å². The number of carbonyl (C=O) groups excluding carboxylic acids is 1. The third-order valence-corrected chi connectivity index (χ3v) is 9.86. The Bertz CT molecular complexity index is 1410. The van der Waals surface area contributed by atoms with Crippen LogP contribution >= 0.6 is 0 Å². The van der Waals surface area contributed by atoms with E-state index in [2.05, 4.69) is 42.5 Å². The fourth-order valence-corrected chi connectivity index (χ4v) is 8.68. The van der Waals surface area contributed by atoms with Gasteiger partial charge in [-0.15, -0.1) is 0 Å². The van der Waals surface area contributed by atoms with Crippen LogP contribution in [0.15, 0.2) is 72.8 Å². The lowest BCUT2D eigenvalue weighted by Crippen LogP contribution is -2.76. The molecule has 6 nitrogen and oxygen atoms in total. The summed E-state index contributed by atoms with van der Waals surface area (Å²) in [4.78, 5) is 28.0. The molecule has 0 atom stereocenters. The molecule has 5 fully saturated rings. The predicted molar refractivity (Wildman–Crippen MR) is 139 cm³/mol. The summed E-state index contributed by atoms with van der Waals surface area (Å²) in [5.41, 5.74) is 3.53. The van der Waals surface area contributed by atoms with Crippen molar-refractivity contribution in [1.29, 1.82) is 5.26 Å². The van der Waals surface area contributed by atoms with Gasteiger partial charge in [0.05, 0.1) is 11.6 Å². The molecule has 2 aliphatic heterocycles. The highest BCUT2D eigenvalue weighted by Gasteiger charge is 2.77. The molecule has 4 bridgehead atoms. The minimum Gasteiger partial charge on any atom is -0.425 e. The molecule has 0 amide bonds. The van der Waals surface area contributed by atoms with Gasteiger partial charge < -0.3 is 9.64 Å². The molecular weight excluding hydrogens is 476 g/mol. The predicted octanol–water partition coefficient (Wildman–Crippen LogP) is 6.02. The Labute approximate surface area is 221 Å². The maximum atomic E-state index is 13.2. The van der Waals surface area contributed by atoms with Crippen LogP contribution in [-0.4, -0.2) is 18.1 Å². The zero-order valence-electron chi connectivity index (χ0n) is 21.0. The lowest BCUT2D eigenvalue weighted by atomic mass is 9.44. The van der Waals surface area contributed by atoms with Crippen molar-refractivity contribution < 1.29 is 19.3 Å². The summed E-state index contributed by atoms with van der Waals surface area (Å²) >= 11 is 0. The number of para-hydroxylation sites is 2. The summed E-state index contributed by atoms with van der Waals surface area (Å²) in [6.07, 6.45) is 6.22. The monoisotopic (exact) mass is 504 g/mol. The Hall–Kier alpha value is -3.66. The van der Waals surface area contributed by atoms with Crippen molar-refractivity contribution in [1.82, 2.24) is 0 Å². The van der Waals surface area contributed by atoms with Crippen molar-refractivity contribution in [2.45, 2.75) is 43.3 Å². The van der Waals surface area contributed by atoms with Crippen LogP contribution in [0.1, 0.15) is 48.8 Å². The fourth-order valence-electron chi connectivity index (χ4n) is 8.68. The number of nitrogens with zero attached hydrogens (tertiary/aromatic N) is 2. The van der Waals surface area contributed by atoms with Crippen LogP contribution in [0.3, 0.4) is 0 Å². The van der Waals surface area contributed by atoms with Gasteiger partial charge in [-0.2, -0.15) is 5.26 Å². The minimum atomic E-state index is -0.684. The summed E-state index contributed by atoms with van der Waals surface area (Å²) in [6, 6.07) is 25.3. The topological polar surface area (TPSA) is 71.8 Å². The van der Waals surface area contributed by atoms with Gasteiger partial charge in [-0.25, -0.2) is 14.6 Å². The van der Waals surface area contributed by atoms with Crippen molar-refractivity contribution in [3.05, 3.63) is 89.5 Å². The lowest BCUT2D eigenvalue weighted by Gasteiger charge is -2.71. The highest BCUT2D eigenvalue weighted by Crippen LogP contribution is 2.73. The highest BCUT2D eigenvalue weighted by atomic mass is 17.3. The Morgan fingerprint density at radius 2 is 1.42 bits per heavy atom. The van der Waals surface area contributed by atoms with Gasteiger partial charge in [-0.05, 0) is 92.2 Å². The molecule has 6 aliphatic rings. The number of fused-ring (bicyclic) bond motifs is 4. The molecule has 0 aromatic heterocycles. The van der Waals surface area contributed by atoms with Crippen LogP contribution in [0.5, 0.6) is 5.75 Å². The number of rotatable bonds is 3. The number of hydrogen-bond donors (Lipinski definition) is 0. The van der Waals surface area contributed by atoms with E-state index in [1.165, 1.54) is 32.1 Å². The van der Waals surface area contributed by atoms with Crippen molar-refractivity contribution >= 4 is 17.3 Å². The second-order valence-electron chi connectivity index (χ2n) is 11.7. The van der Waals surface area contributed by atoms with Crippen LogP contribution in [0.4, 0.5) is 11.4 Å². The van der Waals surface area contributed by atoms with E-state index < -0.39 is 5.60 Å². The average Bonchev–Trinajstić information content (AvgIpc) is 2.92. The third-order valence-electron chi connectivity index (χ3n) is 9.86. The van der Waals surface area contributed by atoms with Gasteiger partial charge in [-0.1, -0.05) is 36.4 Å². The number of hydrogen-bond acceptors (Lipinski definition) is 6. The smallest absolute Gasteiger partial charge is 0.331 e. The average molecular weight is 505 g/mol. The first-order chi connectivity index (χ1) is 18.6. The third kappa shape index (κ3) is 2.81. The molecule has 0 radical (unpaired) electrons. The largest absolute Gasteiger partial charge is 0.425 e. The van der Waals surface area contributed by atoms with Crippen molar-refractivity contribution in [2.24, 2.45) is 23.7 Å². The normalized spacial score (nSPS) is 30.9. The van der Waals surface area contributed by atoms with Crippen molar-refractivity contribution in [3.63, 3.8) is 0 Å². The van der Waals surface area contributed by atoms with Gasteiger partial charge in [0.15, 0.2) is 5.60 Å². The van der Waals surface area contributed by atoms with E-state index in [9.17, 15) is 4.79 Å². The van der Waals surface area contributed by atoms with E-state index in [0.29, 0.717) is 23.1 Å². The van der Waals surface area contributed by atoms with Gasteiger partial charge >= 0.3 is 5.97 Å². The molecule has 3 aromatic carbocycles. The van der Waals surface area contributed by atoms with E-state index in [4.69, 9.17) is 19.8 Å². The molecule has 6 heteroatoms.